The highest BCUT2D eigenvalue weighted by Gasteiger charge is 2.20. The Hall–Kier alpha value is -2.57. The zero-order valence-electron chi connectivity index (χ0n) is 14.3. The Bertz CT molecular complexity index is 919. The fraction of sp³-hybridized carbons (Fsp3) is 0.222. The second kappa shape index (κ2) is 7.13. The van der Waals surface area contributed by atoms with Crippen molar-refractivity contribution in [2.45, 2.75) is 13.5 Å². The summed E-state index contributed by atoms with van der Waals surface area (Å²) in [6.07, 6.45) is 3.25. The maximum Gasteiger partial charge on any atom is 0.196 e. The molecule has 0 radical (unpaired) electrons. The number of pyridine rings is 1. The zero-order chi connectivity index (χ0) is 18.0. The van der Waals surface area contributed by atoms with Gasteiger partial charge in [0.15, 0.2) is 11.6 Å². The third-order valence-corrected chi connectivity index (χ3v) is 4.08. The molecule has 0 atom stereocenters. The van der Waals surface area contributed by atoms with E-state index in [1.165, 1.54) is 0 Å². The number of nitrogens with zero attached hydrogens (tertiary/aromatic N) is 5. The van der Waals surface area contributed by atoms with Crippen LogP contribution in [0.25, 0.3) is 5.69 Å². The summed E-state index contributed by atoms with van der Waals surface area (Å²) >= 11 is 6.20. The average molecular weight is 356 g/mol. The van der Waals surface area contributed by atoms with Gasteiger partial charge in [-0.25, -0.2) is 0 Å². The first-order chi connectivity index (χ1) is 12.0. The van der Waals surface area contributed by atoms with Gasteiger partial charge < -0.3 is 4.90 Å². The number of aryl methyl sites for hydroxylation is 1. The molecule has 0 bridgehead atoms. The second-order valence-electron chi connectivity index (χ2n) is 5.94. The van der Waals surface area contributed by atoms with E-state index in [0.717, 1.165) is 5.82 Å². The number of hydrogen-bond donors (Lipinski definition) is 0. The largest absolute Gasteiger partial charge is 0.302 e. The predicted molar refractivity (Wildman–Crippen MR) is 96.2 cm³/mol. The van der Waals surface area contributed by atoms with E-state index in [2.05, 4.69) is 15.2 Å². The molecule has 6 nitrogen and oxygen atoms in total. The Labute approximate surface area is 151 Å². The van der Waals surface area contributed by atoms with E-state index in [9.17, 15) is 4.79 Å². The van der Waals surface area contributed by atoms with Crippen molar-refractivity contribution < 1.29 is 4.79 Å². The van der Waals surface area contributed by atoms with Gasteiger partial charge in [0.25, 0.3) is 0 Å². The van der Waals surface area contributed by atoms with Crippen molar-refractivity contribution in [3.8, 4) is 5.69 Å². The van der Waals surface area contributed by atoms with Crippen LogP contribution in [0.5, 0.6) is 0 Å². The Morgan fingerprint density at radius 2 is 1.92 bits per heavy atom. The van der Waals surface area contributed by atoms with Crippen LogP contribution in [-0.4, -0.2) is 44.5 Å². The maximum absolute atomic E-state index is 13.1. The molecule has 0 aliphatic rings. The summed E-state index contributed by atoms with van der Waals surface area (Å²) in [5.41, 5.74) is 1.61. The fourth-order valence-electron chi connectivity index (χ4n) is 2.65. The summed E-state index contributed by atoms with van der Waals surface area (Å²) in [5, 5.41) is 8.81. The van der Waals surface area contributed by atoms with E-state index in [-0.39, 0.29) is 5.78 Å². The molecule has 3 rings (SSSR count). The van der Waals surface area contributed by atoms with Crippen molar-refractivity contribution in [1.29, 1.82) is 0 Å². The minimum absolute atomic E-state index is 0.160. The van der Waals surface area contributed by atoms with Crippen molar-refractivity contribution in [2.24, 2.45) is 0 Å². The van der Waals surface area contributed by atoms with Crippen molar-refractivity contribution >= 4 is 17.4 Å². The van der Waals surface area contributed by atoms with Crippen LogP contribution in [0.1, 0.15) is 27.6 Å². The topological polar surface area (TPSA) is 63.9 Å². The summed E-state index contributed by atoms with van der Waals surface area (Å²) < 4.78 is 1.86. The van der Waals surface area contributed by atoms with Crippen LogP contribution < -0.4 is 0 Å². The first-order valence-electron chi connectivity index (χ1n) is 7.78. The lowest BCUT2D eigenvalue weighted by Gasteiger charge is -2.15. The van der Waals surface area contributed by atoms with E-state index >= 15 is 0 Å². The standard InChI is InChI=1S/C18H18ClN5O/c1-12-21-22-17(11-23(2)3)24(12)16-10-20-9-8-14(16)18(25)13-6-4-5-7-15(13)19/h4-10H,11H2,1-3H3. The van der Waals surface area contributed by atoms with E-state index in [0.29, 0.717) is 34.2 Å². The third kappa shape index (κ3) is 3.45. The Morgan fingerprint density at radius 1 is 1.16 bits per heavy atom. The smallest absolute Gasteiger partial charge is 0.196 e. The van der Waals surface area contributed by atoms with Crippen LogP contribution >= 0.6 is 11.6 Å². The summed E-state index contributed by atoms with van der Waals surface area (Å²) in [7, 11) is 3.90. The average Bonchev–Trinajstić information content (AvgIpc) is 2.94. The predicted octanol–water partition coefficient (Wildman–Crippen LogP) is 2.92. The van der Waals surface area contributed by atoms with Gasteiger partial charge in [0.2, 0.25) is 0 Å². The number of carbonyl (C=O) groups excluding carboxylic acids is 1. The molecule has 1 aromatic carbocycles. The maximum atomic E-state index is 13.1. The van der Waals surface area contributed by atoms with Crippen LogP contribution in [0.2, 0.25) is 5.02 Å². The van der Waals surface area contributed by atoms with Gasteiger partial charge in [-0.3, -0.25) is 14.3 Å². The molecule has 2 aromatic heterocycles. The van der Waals surface area contributed by atoms with Crippen LogP contribution in [0, 0.1) is 6.92 Å². The van der Waals surface area contributed by atoms with Crippen molar-refractivity contribution in [2.75, 3.05) is 14.1 Å². The van der Waals surface area contributed by atoms with Gasteiger partial charge in [-0.1, -0.05) is 23.7 Å². The summed E-state index contributed by atoms with van der Waals surface area (Å²) in [6.45, 7) is 2.44. The molecule has 0 saturated carbocycles. The van der Waals surface area contributed by atoms with Crippen LogP contribution in [0.15, 0.2) is 42.7 Å². The van der Waals surface area contributed by atoms with E-state index in [1.807, 2.05) is 30.5 Å². The minimum Gasteiger partial charge on any atom is -0.302 e. The molecule has 0 aliphatic carbocycles. The van der Waals surface area contributed by atoms with Gasteiger partial charge in [0, 0.05) is 17.3 Å². The molecule has 2 heterocycles. The zero-order valence-corrected chi connectivity index (χ0v) is 15.0. The highest BCUT2D eigenvalue weighted by Crippen LogP contribution is 2.24. The molecule has 0 fully saturated rings. The lowest BCUT2D eigenvalue weighted by Crippen LogP contribution is -2.17. The van der Waals surface area contributed by atoms with Gasteiger partial charge in [0.05, 0.1) is 23.5 Å². The summed E-state index contributed by atoms with van der Waals surface area (Å²) in [5.74, 6) is 1.27. The Morgan fingerprint density at radius 3 is 2.64 bits per heavy atom. The number of benzene rings is 1. The molecule has 0 saturated heterocycles. The highest BCUT2D eigenvalue weighted by molar-refractivity contribution is 6.35. The summed E-state index contributed by atoms with van der Waals surface area (Å²) in [6, 6.07) is 8.71. The number of halogens is 1. The Balaban J connectivity index is 2.14. The van der Waals surface area contributed by atoms with Gasteiger partial charge in [0.1, 0.15) is 5.82 Å². The first kappa shape index (κ1) is 17.3. The SMILES string of the molecule is Cc1nnc(CN(C)C)n1-c1cnccc1C(=O)c1ccccc1Cl. The molecule has 0 spiro atoms. The van der Waals surface area contributed by atoms with Crippen LogP contribution in [0.3, 0.4) is 0 Å². The van der Waals surface area contributed by atoms with Crippen molar-refractivity contribution in [3.05, 3.63) is 70.5 Å². The summed E-state index contributed by atoms with van der Waals surface area (Å²) in [4.78, 5) is 19.2. The second-order valence-corrected chi connectivity index (χ2v) is 6.35. The normalized spacial score (nSPS) is 11.1. The molecule has 128 valence electrons. The van der Waals surface area contributed by atoms with Gasteiger partial charge in [-0.2, -0.15) is 0 Å². The molecule has 0 N–H and O–H groups in total. The van der Waals surface area contributed by atoms with Crippen LogP contribution in [0.4, 0.5) is 0 Å². The van der Waals surface area contributed by atoms with Gasteiger partial charge in [-0.05, 0) is 39.2 Å². The van der Waals surface area contributed by atoms with E-state index in [1.54, 1.807) is 42.7 Å². The lowest BCUT2D eigenvalue weighted by atomic mass is 10.0. The minimum atomic E-state index is -0.160. The lowest BCUT2D eigenvalue weighted by molar-refractivity contribution is 0.103. The van der Waals surface area contributed by atoms with Crippen molar-refractivity contribution in [3.63, 3.8) is 0 Å². The van der Waals surface area contributed by atoms with Crippen LogP contribution in [-0.2, 0) is 6.54 Å². The monoisotopic (exact) mass is 355 g/mol. The molecule has 0 amide bonds. The van der Waals surface area contributed by atoms with Gasteiger partial charge in [-0.15, -0.1) is 10.2 Å². The van der Waals surface area contributed by atoms with E-state index in [4.69, 9.17) is 11.6 Å². The molecule has 0 unspecified atom stereocenters. The molecule has 0 aliphatic heterocycles. The fourth-order valence-corrected chi connectivity index (χ4v) is 2.87. The molecule has 7 heteroatoms. The quantitative estimate of drug-likeness (QED) is 0.658. The van der Waals surface area contributed by atoms with Crippen molar-refractivity contribution in [1.82, 2.24) is 24.6 Å². The number of carbonyl (C=O) groups is 1. The molecule has 3 aromatic rings. The molecular formula is C18H18ClN5O. The van der Waals surface area contributed by atoms with Gasteiger partial charge >= 0.3 is 0 Å². The molecule has 25 heavy (non-hydrogen) atoms. The third-order valence-electron chi connectivity index (χ3n) is 3.75. The number of hydrogen-bond acceptors (Lipinski definition) is 5. The number of ketones is 1. The van der Waals surface area contributed by atoms with E-state index < -0.39 is 0 Å². The highest BCUT2D eigenvalue weighted by atomic mass is 35.5. The number of aromatic nitrogens is 4. The molecular weight excluding hydrogens is 338 g/mol. The first-order valence-corrected chi connectivity index (χ1v) is 8.16. The Kier molecular flexibility index (Phi) is 4.92. The number of rotatable bonds is 5.